The summed E-state index contributed by atoms with van der Waals surface area (Å²) >= 11 is 11.9. The third-order valence-corrected chi connectivity index (χ3v) is 4.57. The molecule has 25 heavy (non-hydrogen) atoms. The first kappa shape index (κ1) is 19.5. The maximum absolute atomic E-state index is 12.8. The monoisotopic (exact) mass is 385 g/mol. The van der Waals surface area contributed by atoms with Gasteiger partial charge in [-0.3, -0.25) is 14.4 Å². The van der Waals surface area contributed by atoms with Gasteiger partial charge in [0.25, 0.3) is 5.91 Å². The molecule has 1 atom stereocenters. The van der Waals surface area contributed by atoms with Crippen LogP contribution in [-0.2, 0) is 9.59 Å². The van der Waals surface area contributed by atoms with Crippen LogP contribution in [0.1, 0.15) is 30.6 Å². The largest absolute Gasteiger partial charge is 0.354 e. The Hall–Kier alpha value is -1.79. The van der Waals surface area contributed by atoms with E-state index in [1.807, 2.05) is 13.8 Å². The Kier molecular flexibility index (Phi) is 6.67. The van der Waals surface area contributed by atoms with Crippen LogP contribution >= 0.6 is 23.2 Å². The number of halogens is 2. The van der Waals surface area contributed by atoms with E-state index in [4.69, 9.17) is 23.2 Å². The van der Waals surface area contributed by atoms with Crippen molar-refractivity contribution in [3.8, 4) is 0 Å². The van der Waals surface area contributed by atoms with E-state index in [1.54, 1.807) is 11.0 Å². The summed E-state index contributed by atoms with van der Waals surface area (Å²) in [6.45, 7) is 4.88. The predicted molar refractivity (Wildman–Crippen MR) is 96.8 cm³/mol. The molecule has 1 aliphatic rings. The molecule has 0 bridgehead atoms. The highest BCUT2D eigenvalue weighted by molar-refractivity contribution is 6.36. The summed E-state index contributed by atoms with van der Waals surface area (Å²) in [5.74, 6) is -0.828. The van der Waals surface area contributed by atoms with Gasteiger partial charge in [-0.1, -0.05) is 37.0 Å². The quantitative estimate of drug-likeness (QED) is 0.832. The number of rotatable bonds is 4. The van der Waals surface area contributed by atoms with Gasteiger partial charge in [0, 0.05) is 31.1 Å². The molecule has 0 saturated carbocycles. The molecule has 0 aliphatic carbocycles. The van der Waals surface area contributed by atoms with Crippen LogP contribution in [0, 0.1) is 5.92 Å². The Bertz CT molecular complexity index is 679. The highest BCUT2D eigenvalue weighted by Gasteiger charge is 2.30. The minimum absolute atomic E-state index is 0.0756. The van der Waals surface area contributed by atoms with Gasteiger partial charge in [-0.15, -0.1) is 0 Å². The first-order valence-electron chi connectivity index (χ1n) is 8.11. The van der Waals surface area contributed by atoms with Gasteiger partial charge < -0.3 is 15.5 Å². The first-order valence-corrected chi connectivity index (χ1v) is 8.86. The molecule has 2 rings (SSSR count). The molecule has 2 N–H and O–H groups in total. The average molecular weight is 386 g/mol. The second-order valence-electron chi connectivity index (χ2n) is 6.24. The molecule has 1 aromatic rings. The van der Waals surface area contributed by atoms with Gasteiger partial charge in [0.05, 0.1) is 10.6 Å². The number of nitrogens with zero attached hydrogens (tertiary/aromatic N) is 1. The van der Waals surface area contributed by atoms with E-state index in [9.17, 15) is 14.4 Å². The maximum atomic E-state index is 12.8. The molecule has 1 aromatic carbocycles. The molecule has 1 saturated heterocycles. The zero-order valence-corrected chi connectivity index (χ0v) is 15.7. The van der Waals surface area contributed by atoms with Crippen molar-refractivity contribution < 1.29 is 14.4 Å². The Labute approximate surface area is 156 Å². The Morgan fingerprint density at radius 3 is 2.60 bits per heavy atom. The lowest BCUT2D eigenvalue weighted by atomic mass is 10.0. The smallest absolute Gasteiger partial charge is 0.253 e. The molecule has 1 fully saturated rings. The molecule has 0 aromatic heterocycles. The lowest BCUT2D eigenvalue weighted by molar-refractivity contribution is -0.134. The molecule has 0 spiro atoms. The van der Waals surface area contributed by atoms with Crippen molar-refractivity contribution in [2.75, 3.05) is 19.6 Å². The van der Waals surface area contributed by atoms with Crippen LogP contribution in [-0.4, -0.2) is 48.3 Å². The summed E-state index contributed by atoms with van der Waals surface area (Å²) in [7, 11) is 0. The standard InChI is InChI=1S/C17H21Cl2N3O3/c1-10(2)15(17(25)22-7-5-14(23)20-6-8-22)21-16(24)12-4-3-11(18)9-13(12)19/h3-4,9-10,15H,5-8H2,1-2H3,(H,20,23)(H,21,24)/t15-/m1/s1. The van der Waals surface area contributed by atoms with Gasteiger partial charge in [-0.2, -0.15) is 0 Å². The minimum atomic E-state index is -0.701. The van der Waals surface area contributed by atoms with Crippen LogP contribution in [0.3, 0.4) is 0 Å². The predicted octanol–water partition coefficient (Wildman–Crippen LogP) is 2.10. The fourth-order valence-corrected chi connectivity index (χ4v) is 3.08. The van der Waals surface area contributed by atoms with E-state index in [-0.39, 0.29) is 34.7 Å². The lowest BCUT2D eigenvalue weighted by Crippen LogP contribution is -2.52. The molecule has 3 amide bonds. The van der Waals surface area contributed by atoms with Crippen molar-refractivity contribution in [3.05, 3.63) is 33.8 Å². The van der Waals surface area contributed by atoms with Gasteiger partial charge in [-0.05, 0) is 24.1 Å². The molecule has 0 unspecified atom stereocenters. The van der Waals surface area contributed by atoms with E-state index in [0.29, 0.717) is 24.7 Å². The Morgan fingerprint density at radius 2 is 1.96 bits per heavy atom. The summed E-state index contributed by atoms with van der Waals surface area (Å²) in [6.07, 6.45) is 0.257. The van der Waals surface area contributed by atoms with E-state index in [2.05, 4.69) is 10.6 Å². The Morgan fingerprint density at radius 1 is 1.24 bits per heavy atom. The SMILES string of the molecule is CC(C)[C@@H](NC(=O)c1ccc(Cl)cc1Cl)C(=O)N1CCNC(=O)CC1. The van der Waals surface area contributed by atoms with Crippen molar-refractivity contribution >= 4 is 40.9 Å². The third kappa shape index (κ3) is 5.09. The average Bonchev–Trinajstić information content (AvgIpc) is 2.76. The zero-order valence-electron chi connectivity index (χ0n) is 14.1. The third-order valence-electron chi connectivity index (χ3n) is 4.02. The summed E-state index contributed by atoms with van der Waals surface area (Å²) in [6, 6.07) is 3.88. The number of carbonyl (C=O) groups excluding carboxylic acids is 3. The van der Waals surface area contributed by atoms with Gasteiger partial charge in [0.2, 0.25) is 11.8 Å². The van der Waals surface area contributed by atoms with Crippen LogP contribution in [0.5, 0.6) is 0 Å². The highest BCUT2D eigenvalue weighted by Crippen LogP contribution is 2.21. The first-order chi connectivity index (χ1) is 11.8. The van der Waals surface area contributed by atoms with E-state index >= 15 is 0 Å². The second kappa shape index (κ2) is 8.54. The molecule has 8 heteroatoms. The second-order valence-corrected chi connectivity index (χ2v) is 7.09. The van der Waals surface area contributed by atoms with Crippen molar-refractivity contribution in [2.45, 2.75) is 26.3 Å². The molecule has 1 heterocycles. The summed E-state index contributed by atoms with van der Waals surface area (Å²) in [5.41, 5.74) is 0.261. The molecule has 1 aliphatic heterocycles. The van der Waals surface area contributed by atoms with Gasteiger partial charge >= 0.3 is 0 Å². The molecule has 0 radical (unpaired) electrons. The van der Waals surface area contributed by atoms with Gasteiger partial charge in [0.1, 0.15) is 6.04 Å². The number of hydrogen-bond acceptors (Lipinski definition) is 3. The fourth-order valence-electron chi connectivity index (χ4n) is 2.59. The highest BCUT2D eigenvalue weighted by atomic mass is 35.5. The van der Waals surface area contributed by atoms with Crippen LogP contribution < -0.4 is 10.6 Å². The van der Waals surface area contributed by atoms with Crippen LogP contribution in [0.2, 0.25) is 10.0 Å². The summed E-state index contributed by atoms with van der Waals surface area (Å²) < 4.78 is 0. The van der Waals surface area contributed by atoms with Gasteiger partial charge in [0.15, 0.2) is 0 Å². The summed E-state index contributed by atoms with van der Waals surface area (Å²) in [4.78, 5) is 38.4. The molecular formula is C17H21Cl2N3O3. The normalized spacial score (nSPS) is 16.2. The fraction of sp³-hybridized carbons (Fsp3) is 0.471. The van der Waals surface area contributed by atoms with Gasteiger partial charge in [-0.25, -0.2) is 0 Å². The van der Waals surface area contributed by atoms with E-state index in [1.165, 1.54) is 12.1 Å². The molecular weight excluding hydrogens is 365 g/mol. The summed E-state index contributed by atoms with van der Waals surface area (Å²) in [5, 5.41) is 6.14. The van der Waals surface area contributed by atoms with E-state index in [0.717, 1.165) is 0 Å². The van der Waals surface area contributed by atoms with Crippen molar-refractivity contribution in [1.82, 2.24) is 15.5 Å². The molecule has 136 valence electrons. The zero-order chi connectivity index (χ0) is 18.6. The number of benzene rings is 1. The van der Waals surface area contributed by atoms with Crippen LogP contribution in [0.4, 0.5) is 0 Å². The van der Waals surface area contributed by atoms with Crippen molar-refractivity contribution in [3.63, 3.8) is 0 Å². The van der Waals surface area contributed by atoms with Crippen molar-refractivity contribution in [2.24, 2.45) is 5.92 Å². The van der Waals surface area contributed by atoms with Crippen molar-refractivity contribution in [1.29, 1.82) is 0 Å². The Balaban J connectivity index is 2.13. The number of hydrogen-bond donors (Lipinski definition) is 2. The minimum Gasteiger partial charge on any atom is -0.354 e. The maximum Gasteiger partial charge on any atom is 0.253 e. The number of nitrogens with one attached hydrogen (secondary N) is 2. The van der Waals surface area contributed by atoms with Crippen LogP contribution in [0.15, 0.2) is 18.2 Å². The number of amides is 3. The number of carbonyl (C=O) groups is 3. The van der Waals surface area contributed by atoms with Crippen LogP contribution in [0.25, 0.3) is 0 Å². The van der Waals surface area contributed by atoms with E-state index < -0.39 is 11.9 Å². The molecule has 6 nitrogen and oxygen atoms in total. The topological polar surface area (TPSA) is 78.5 Å². The lowest BCUT2D eigenvalue weighted by Gasteiger charge is -2.28.